The molecular formula is C19H18ClF3N2. The molecule has 0 spiro atoms. The minimum absolute atomic E-state index is 0.205. The molecule has 1 aliphatic carbocycles. The number of halogens is 4. The van der Waals surface area contributed by atoms with E-state index in [9.17, 15) is 13.2 Å². The Balaban J connectivity index is 1.81. The van der Waals surface area contributed by atoms with Crippen LogP contribution in [0.3, 0.4) is 0 Å². The standard InChI is InChI=1S/C19H18ClF3N2/c1-12-10-15(25-17-16(20)4-3-8-18(12,17)2)6-5-14-11-13(7-9-24-14)19(21,22)23/h3-4,7,9-11H,5-6,8H2,1-2H3. The first-order valence-corrected chi connectivity index (χ1v) is 8.43. The highest BCUT2D eigenvalue weighted by molar-refractivity contribution is 6.32. The van der Waals surface area contributed by atoms with Crippen LogP contribution in [0.1, 0.15) is 37.9 Å². The summed E-state index contributed by atoms with van der Waals surface area (Å²) >= 11 is 6.32. The van der Waals surface area contributed by atoms with E-state index in [-0.39, 0.29) is 5.41 Å². The van der Waals surface area contributed by atoms with Gasteiger partial charge in [-0.05, 0) is 57.4 Å². The molecule has 0 radical (unpaired) electrons. The fourth-order valence-corrected chi connectivity index (χ4v) is 3.46. The number of aryl methyl sites for hydroxylation is 1. The van der Waals surface area contributed by atoms with Crippen molar-refractivity contribution in [2.75, 3.05) is 0 Å². The second kappa shape index (κ2) is 6.45. The van der Waals surface area contributed by atoms with E-state index in [0.29, 0.717) is 23.6 Å². The summed E-state index contributed by atoms with van der Waals surface area (Å²) in [5.41, 5.74) is 2.34. The lowest BCUT2D eigenvalue weighted by atomic mass is 9.72. The maximum atomic E-state index is 12.8. The predicted molar refractivity (Wildman–Crippen MR) is 93.5 cm³/mol. The van der Waals surface area contributed by atoms with Crippen LogP contribution in [0.15, 0.2) is 57.9 Å². The Labute approximate surface area is 149 Å². The molecule has 0 fully saturated rings. The molecule has 2 aliphatic rings. The average molecular weight is 367 g/mol. The van der Waals surface area contributed by atoms with Gasteiger partial charge in [-0.3, -0.25) is 9.98 Å². The Bertz CT molecular complexity index is 818. The van der Waals surface area contributed by atoms with E-state index in [1.807, 2.05) is 25.2 Å². The van der Waals surface area contributed by atoms with Crippen molar-refractivity contribution in [3.05, 3.63) is 64.1 Å². The first-order valence-electron chi connectivity index (χ1n) is 8.05. The molecule has 1 aliphatic heterocycles. The van der Waals surface area contributed by atoms with Crippen molar-refractivity contribution in [2.24, 2.45) is 10.4 Å². The number of alkyl halides is 3. The van der Waals surface area contributed by atoms with E-state index >= 15 is 0 Å². The van der Waals surface area contributed by atoms with Crippen molar-refractivity contribution in [3.8, 4) is 0 Å². The maximum absolute atomic E-state index is 12.8. The van der Waals surface area contributed by atoms with Gasteiger partial charge in [0.25, 0.3) is 0 Å². The highest BCUT2D eigenvalue weighted by Crippen LogP contribution is 2.47. The maximum Gasteiger partial charge on any atom is 0.416 e. The summed E-state index contributed by atoms with van der Waals surface area (Å²) in [5, 5.41) is 0.621. The molecule has 132 valence electrons. The molecule has 2 nitrogen and oxygen atoms in total. The Morgan fingerprint density at radius 2 is 2.04 bits per heavy atom. The Hall–Kier alpha value is -1.88. The molecular weight excluding hydrogens is 349 g/mol. The minimum atomic E-state index is -4.36. The van der Waals surface area contributed by atoms with Crippen molar-refractivity contribution >= 4 is 17.3 Å². The fraction of sp³-hybridized carbons (Fsp3) is 0.368. The van der Waals surface area contributed by atoms with Gasteiger partial charge in [0.1, 0.15) is 0 Å². The van der Waals surface area contributed by atoms with Crippen LogP contribution in [0.4, 0.5) is 13.2 Å². The van der Waals surface area contributed by atoms with E-state index in [1.165, 1.54) is 6.20 Å². The Kier molecular flexibility index (Phi) is 4.62. The SMILES string of the molecule is CC1=CC(CCc2cc(C(F)(F)F)ccn2)=NC2=C(Cl)C=CCC12C. The van der Waals surface area contributed by atoms with E-state index < -0.39 is 11.7 Å². The van der Waals surface area contributed by atoms with Crippen LogP contribution in [0, 0.1) is 5.41 Å². The summed E-state index contributed by atoms with van der Waals surface area (Å²) in [5.74, 6) is 0. The number of allylic oxidation sites excluding steroid dienone is 5. The van der Waals surface area contributed by atoms with Crippen LogP contribution >= 0.6 is 11.6 Å². The number of rotatable bonds is 3. The number of aliphatic imine (C=N–C) groups is 1. The molecule has 0 amide bonds. The number of dihydropyridines is 1. The fourth-order valence-electron chi connectivity index (χ4n) is 3.12. The second-order valence-corrected chi connectivity index (χ2v) is 7.01. The third kappa shape index (κ3) is 3.56. The third-order valence-electron chi connectivity index (χ3n) is 4.83. The number of fused-ring (bicyclic) bond motifs is 1. The van der Waals surface area contributed by atoms with Gasteiger partial charge < -0.3 is 0 Å². The van der Waals surface area contributed by atoms with Gasteiger partial charge in [0.2, 0.25) is 0 Å². The van der Waals surface area contributed by atoms with Gasteiger partial charge in [-0.25, -0.2) is 0 Å². The van der Waals surface area contributed by atoms with Crippen molar-refractivity contribution in [1.82, 2.24) is 4.98 Å². The highest BCUT2D eigenvalue weighted by atomic mass is 35.5. The van der Waals surface area contributed by atoms with E-state index in [2.05, 4.69) is 16.9 Å². The summed E-state index contributed by atoms with van der Waals surface area (Å²) in [7, 11) is 0. The minimum Gasteiger partial charge on any atom is -0.261 e. The molecule has 1 unspecified atom stereocenters. The average Bonchev–Trinajstić information content (AvgIpc) is 2.54. The first-order chi connectivity index (χ1) is 11.7. The normalized spacial score (nSPS) is 23.3. The lowest BCUT2D eigenvalue weighted by Crippen LogP contribution is -2.26. The zero-order valence-corrected chi connectivity index (χ0v) is 14.7. The van der Waals surface area contributed by atoms with Crippen LogP contribution in [0.5, 0.6) is 0 Å². The predicted octanol–water partition coefficient (Wildman–Crippen LogP) is 5.85. The van der Waals surface area contributed by atoms with E-state index in [4.69, 9.17) is 11.6 Å². The second-order valence-electron chi connectivity index (χ2n) is 6.60. The Morgan fingerprint density at radius 3 is 2.76 bits per heavy atom. The molecule has 1 atom stereocenters. The number of nitrogens with zero attached hydrogens (tertiary/aromatic N) is 2. The molecule has 6 heteroatoms. The molecule has 0 saturated heterocycles. The van der Waals surface area contributed by atoms with E-state index in [1.54, 1.807) is 0 Å². The number of pyridine rings is 1. The molecule has 0 saturated carbocycles. The van der Waals surface area contributed by atoms with Gasteiger partial charge in [0, 0.05) is 23.0 Å². The van der Waals surface area contributed by atoms with Crippen molar-refractivity contribution in [2.45, 2.75) is 39.3 Å². The molecule has 25 heavy (non-hydrogen) atoms. The molecule has 1 aromatic rings. The van der Waals surface area contributed by atoms with Gasteiger partial charge in [-0.1, -0.05) is 23.3 Å². The lowest BCUT2D eigenvalue weighted by molar-refractivity contribution is -0.137. The van der Waals surface area contributed by atoms with Crippen LogP contribution in [0.2, 0.25) is 0 Å². The van der Waals surface area contributed by atoms with Gasteiger partial charge in [0.05, 0.1) is 16.3 Å². The summed E-state index contributed by atoms with van der Waals surface area (Å²) < 4.78 is 38.4. The number of hydrogen-bond donors (Lipinski definition) is 0. The summed E-state index contributed by atoms with van der Waals surface area (Å²) in [6.45, 7) is 4.15. The Morgan fingerprint density at radius 1 is 1.28 bits per heavy atom. The molecule has 2 heterocycles. The van der Waals surface area contributed by atoms with Crippen LogP contribution in [-0.4, -0.2) is 10.7 Å². The molecule has 0 N–H and O–H groups in total. The first kappa shape index (κ1) is 17.9. The molecule has 3 rings (SSSR count). The van der Waals surface area contributed by atoms with Crippen LogP contribution in [-0.2, 0) is 12.6 Å². The van der Waals surface area contributed by atoms with Crippen LogP contribution in [0.25, 0.3) is 0 Å². The van der Waals surface area contributed by atoms with Crippen molar-refractivity contribution in [1.29, 1.82) is 0 Å². The quantitative estimate of drug-likeness (QED) is 0.658. The summed E-state index contributed by atoms with van der Waals surface area (Å²) in [4.78, 5) is 8.72. The highest BCUT2D eigenvalue weighted by Gasteiger charge is 2.36. The van der Waals surface area contributed by atoms with Gasteiger partial charge in [0.15, 0.2) is 0 Å². The molecule has 1 aromatic heterocycles. The monoisotopic (exact) mass is 366 g/mol. The van der Waals surface area contributed by atoms with E-state index in [0.717, 1.165) is 35.5 Å². The lowest BCUT2D eigenvalue weighted by Gasteiger charge is -2.36. The van der Waals surface area contributed by atoms with Gasteiger partial charge >= 0.3 is 6.18 Å². The third-order valence-corrected chi connectivity index (χ3v) is 5.13. The number of hydrogen-bond acceptors (Lipinski definition) is 2. The van der Waals surface area contributed by atoms with Gasteiger partial charge in [-0.15, -0.1) is 0 Å². The molecule has 0 aromatic carbocycles. The van der Waals surface area contributed by atoms with Crippen molar-refractivity contribution < 1.29 is 13.2 Å². The summed E-state index contributed by atoms with van der Waals surface area (Å²) in [6, 6.07) is 2.08. The van der Waals surface area contributed by atoms with Crippen molar-refractivity contribution in [3.63, 3.8) is 0 Å². The van der Waals surface area contributed by atoms with Crippen LogP contribution < -0.4 is 0 Å². The topological polar surface area (TPSA) is 25.2 Å². The van der Waals surface area contributed by atoms with Gasteiger partial charge in [-0.2, -0.15) is 13.2 Å². The summed E-state index contributed by atoms with van der Waals surface area (Å²) in [6.07, 6.45) is 4.49. The number of aromatic nitrogens is 1. The smallest absolute Gasteiger partial charge is 0.261 e. The molecule has 0 bridgehead atoms. The largest absolute Gasteiger partial charge is 0.416 e. The zero-order valence-electron chi connectivity index (χ0n) is 14.0. The zero-order chi connectivity index (χ0) is 18.2.